The highest BCUT2D eigenvalue weighted by Crippen LogP contribution is 2.42. The van der Waals surface area contributed by atoms with E-state index in [2.05, 4.69) is 5.32 Å². The highest BCUT2D eigenvalue weighted by Gasteiger charge is 2.39. The summed E-state index contributed by atoms with van der Waals surface area (Å²) < 4.78 is 0. The maximum Gasteiger partial charge on any atom is 0.115 e. The fourth-order valence-corrected chi connectivity index (χ4v) is 2.90. The molecule has 0 aromatic heterocycles. The van der Waals surface area contributed by atoms with Crippen LogP contribution in [-0.4, -0.2) is 23.8 Å². The predicted octanol–water partition coefficient (Wildman–Crippen LogP) is 2.41. The summed E-state index contributed by atoms with van der Waals surface area (Å²) in [5, 5.41) is 23.6. The number of aromatic hydroxyl groups is 1. The zero-order chi connectivity index (χ0) is 12.3. The summed E-state index contributed by atoms with van der Waals surface area (Å²) in [6.45, 7) is 0.812. The van der Waals surface area contributed by atoms with Gasteiger partial charge in [0.05, 0.1) is 5.60 Å². The smallest absolute Gasteiger partial charge is 0.115 e. The van der Waals surface area contributed by atoms with Crippen LogP contribution >= 0.6 is 12.4 Å². The Morgan fingerprint density at radius 2 is 2.17 bits per heavy atom. The van der Waals surface area contributed by atoms with Crippen LogP contribution in [0.25, 0.3) is 0 Å². The van der Waals surface area contributed by atoms with Gasteiger partial charge >= 0.3 is 0 Å². The molecular weight excluding hydrogens is 250 g/mol. The summed E-state index contributed by atoms with van der Waals surface area (Å²) in [6, 6.07) is 7.04. The average molecular weight is 272 g/mol. The Labute approximate surface area is 115 Å². The lowest BCUT2D eigenvalue weighted by Crippen LogP contribution is -2.42. The second kappa shape index (κ2) is 6.41. The van der Waals surface area contributed by atoms with Crippen LogP contribution in [0.15, 0.2) is 24.3 Å². The van der Waals surface area contributed by atoms with Gasteiger partial charge in [0.2, 0.25) is 0 Å². The molecule has 1 aliphatic carbocycles. The number of hydrogen-bond acceptors (Lipinski definition) is 3. The van der Waals surface area contributed by atoms with Gasteiger partial charge < -0.3 is 15.5 Å². The van der Waals surface area contributed by atoms with Gasteiger partial charge in [-0.25, -0.2) is 0 Å². The monoisotopic (exact) mass is 271 g/mol. The van der Waals surface area contributed by atoms with Crippen LogP contribution in [0.1, 0.15) is 31.2 Å². The number of rotatable bonds is 3. The zero-order valence-corrected chi connectivity index (χ0v) is 11.5. The van der Waals surface area contributed by atoms with Crippen molar-refractivity contribution in [1.29, 1.82) is 0 Å². The Hall–Kier alpha value is -0.770. The minimum Gasteiger partial charge on any atom is -0.508 e. The standard InChI is InChI=1S/C14H21NO2.ClH/c1-15-10-12-5-2-3-8-14(12,17)11-6-4-7-13(16)9-11;/h4,6-7,9,12,15-17H,2-3,5,8,10H2,1H3;1H/t12-,14+;/m1./s1. The van der Waals surface area contributed by atoms with E-state index in [0.29, 0.717) is 0 Å². The Bertz CT molecular complexity index is 384. The molecule has 4 heteroatoms. The van der Waals surface area contributed by atoms with E-state index in [0.717, 1.165) is 31.4 Å². The average Bonchev–Trinajstić information content (AvgIpc) is 2.32. The first-order valence-corrected chi connectivity index (χ1v) is 6.33. The molecule has 3 N–H and O–H groups in total. The minimum absolute atomic E-state index is 0. The molecule has 0 saturated heterocycles. The van der Waals surface area contributed by atoms with Crippen LogP contribution in [0.4, 0.5) is 0 Å². The van der Waals surface area contributed by atoms with Crippen molar-refractivity contribution in [3.8, 4) is 5.75 Å². The second-order valence-electron chi connectivity index (χ2n) is 4.97. The van der Waals surface area contributed by atoms with Crippen molar-refractivity contribution in [3.63, 3.8) is 0 Å². The summed E-state index contributed by atoms with van der Waals surface area (Å²) in [4.78, 5) is 0. The third kappa shape index (κ3) is 2.97. The SMILES string of the molecule is CNC[C@H]1CCCC[C@]1(O)c1cccc(O)c1.Cl. The van der Waals surface area contributed by atoms with Gasteiger partial charge in [-0.1, -0.05) is 25.0 Å². The van der Waals surface area contributed by atoms with Gasteiger partial charge in [0.15, 0.2) is 0 Å². The number of benzene rings is 1. The molecule has 3 nitrogen and oxygen atoms in total. The van der Waals surface area contributed by atoms with E-state index in [9.17, 15) is 10.2 Å². The molecule has 102 valence electrons. The molecule has 0 spiro atoms. The molecule has 0 bridgehead atoms. The van der Waals surface area contributed by atoms with Gasteiger partial charge in [-0.05, 0) is 37.6 Å². The van der Waals surface area contributed by atoms with Crippen LogP contribution in [0.2, 0.25) is 0 Å². The molecule has 1 aliphatic rings. The zero-order valence-electron chi connectivity index (χ0n) is 10.7. The van der Waals surface area contributed by atoms with Gasteiger partial charge in [0.25, 0.3) is 0 Å². The highest BCUT2D eigenvalue weighted by atomic mass is 35.5. The van der Waals surface area contributed by atoms with Crippen molar-refractivity contribution >= 4 is 12.4 Å². The largest absolute Gasteiger partial charge is 0.508 e. The minimum atomic E-state index is -0.792. The van der Waals surface area contributed by atoms with E-state index in [1.807, 2.05) is 13.1 Å². The Morgan fingerprint density at radius 3 is 2.83 bits per heavy atom. The van der Waals surface area contributed by atoms with E-state index < -0.39 is 5.60 Å². The number of phenolic OH excluding ortho intramolecular Hbond substituents is 1. The van der Waals surface area contributed by atoms with E-state index in [1.165, 1.54) is 6.42 Å². The lowest BCUT2D eigenvalue weighted by molar-refractivity contribution is -0.0531. The molecule has 0 unspecified atom stereocenters. The molecule has 0 aliphatic heterocycles. The molecule has 18 heavy (non-hydrogen) atoms. The van der Waals surface area contributed by atoms with Crippen molar-refractivity contribution in [3.05, 3.63) is 29.8 Å². The first kappa shape index (κ1) is 15.3. The fraction of sp³-hybridized carbons (Fsp3) is 0.571. The lowest BCUT2D eigenvalue weighted by atomic mass is 9.71. The quantitative estimate of drug-likeness (QED) is 0.791. The summed E-state index contributed by atoms with van der Waals surface area (Å²) in [6.07, 6.45) is 4.04. The number of aliphatic hydroxyl groups is 1. The third-order valence-electron chi connectivity index (χ3n) is 3.83. The molecule has 0 radical (unpaired) electrons. The number of phenols is 1. The van der Waals surface area contributed by atoms with Crippen molar-refractivity contribution in [2.45, 2.75) is 31.3 Å². The lowest BCUT2D eigenvalue weighted by Gasteiger charge is -2.40. The number of nitrogens with one attached hydrogen (secondary N) is 1. The summed E-state index contributed by atoms with van der Waals surface area (Å²) in [5.74, 6) is 0.452. The maximum atomic E-state index is 10.9. The van der Waals surface area contributed by atoms with Crippen LogP contribution in [-0.2, 0) is 5.60 Å². The number of halogens is 1. The molecule has 0 amide bonds. The Balaban J connectivity index is 0.00000162. The molecule has 1 aromatic carbocycles. The summed E-state index contributed by atoms with van der Waals surface area (Å²) in [7, 11) is 1.91. The van der Waals surface area contributed by atoms with E-state index in [1.54, 1.807) is 18.2 Å². The van der Waals surface area contributed by atoms with E-state index in [4.69, 9.17) is 0 Å². The van der Waals surface area contributed by atoms with Crippen LogP contribution in [0.5, 0.6) is 5.75 Å². The molecule has 1 aromatic rings. The fourth-order valence-electron chi connectivity index (χ4n) is 2.90. The van der Waals surface area contributed by atoms with Gasteiger partial charge in [0, 0.05) is 12.5 Å². The number of hydrogen-bond donors (Lipinski definition) is 3. The molecule has 2 rings (SSSR count). The normalized spacial score (nSPS) is 27.6. The molecule has 1 fully saturated rings. The third-order valence-corrected chi connectivity index (χ3v) is 3.83. The van der Waals surface area contributed by atoms with Gasteiger partial charge in [-0.2, -0.15) is 0 Å². The maximum absolute atomic E-state index is 10.9. The highest BCUT2D eigenvalue weighted by molar-refractivity contribution is 5.85. The van der Waals surface area contributed by atoms with Crippen LogP contribution in [0, 0.1) is 5.92 Å². The van der Waals surface area contributed by atoms with Crippen molar-refractivity contribution in [2.75, 3.05) is 13.6 Å². The molecule has 1 saturated carbocycles. The second-order valence-corrected chi connectivity index (χ2v) is 4.97. The van der Waals surface area contributed by atoms with E-state index in [-0.39, 0.29) is 24.1 Å². The first-order chi connectivity index (χ1) is 8.16. The van der Waals surface area contributed by atoms with Gasteiger partial charge in [-0.3, -0.25) is 0 Å². The van der Waals surface area contributed by atoms with Crippen LogP contribution < -0.4 is 5.32 Å². The van der Waals surface area contributed by atoms with Gasteiger partial charge in [-0.15, -0.1) is 12.4 Å². The molecule has 2 atom stereocenters. The Morgan fingerprint density at radius 1 is 1.39 bits per heavy atom. The van der Waals surface area contributed by atoms with Crippen LogP contribution in [0.3, 0.4) is 0 Å². The first-order valence-electron chi connectivity index (χ1n) is 6.33. The predicted molar refractivity (Wildman–Crippen MR) is 75.1 cm³/mol. The van der Waals surface area contributed by atoms with Gasteiger partial charge in [0.1, 0.15) is 5.75 Å². The van der Waals surface area contributed by atoms with Crippen molar-refractivity contribution in [1.82, 2.24) is 5.32 Å². The van der Waals surface area contributed by atoms with E-state index >= 15 is 0 Å². The topological polar surface area (TPSA) is 52.5 Å². The summed E-state index contributed by atoms with van der Waals surface area (Å²) >= 11 is 0. The van der Waals surface area contributed by atoms with Crippen molar-refractivity contribution < 1.29 is 10.2 Å². The molecular formula is C14H22ClNO2. The van der Waals surface area contributed by atoms with Crippen molar-refractivity contribution in [2.24, 2.45) is 5.92 Å². The molecule has 0 heterocycles. The summed E-state index contributed by atoms with van der Waals surface area (Å²) in [5.41, 5.74) is 0.0532. The Kier molecular flexibility index (Phi) is 5.45.